The molecule has 0 aliphatic carbocycles. The molecule has 1 N–H and O–H groups in total. The van der Waals surface area contributed by atoms with E-state index >= 15 is 0 Å². The van der Waals surface area contributed by atoms with Gasteiger partial charge in [-0.2, -0.15) is 0 Å². The fourth-order valence-corrected chi connectivity index (χ4v) is 1.42. The van der Waals surface area contributed by atoms with Crippen LogP contribution in [0.5, 0.6) is 5.75 Å². The Morgan fingerprint density at radius 3 is 2.72 bits per heavy atom. The van der Waals surface area contributed by atoms with E-state index in [2.05, 4.69) is 0 Å². The van der Waals surface area contributed by atoms with Gasteiger partial charge in [-0.1, -0.05) is 13.0 Å². The van der Waals surface area contributed by atoms with Crippen LogP contribution in [0.15, 0.2) is 18.2 Å². The van der Waals surface area contributed by atoms with Gasteiger partial charge in [0.2, 0.25) is 0 Å². The summed E-state index contributed by atoms with van der Waals surface area (Å²) in [5, 5.41) is 19.4. The third-order valence-electron chi connectivity index (χ3n) is 2.35. The normalized spacial score (nSPS) is 10.3. The van der Waals surface area contributed by atoms with Crippen LogP contribution in [0.4, 0.5) is 5.69 Å². The number of hydrogen-bond donors (Lipinski definition) is 1. The predicted molar refractivity (Wildman–Crippen MR) is 65.9 cm³/mol. The average Bonchev–Trinajstić information content (AvgIpc) is 2.38. The third kappa shape index (κ3) is 4.31. The highest BCUT2D eigenvalue weighted by Gasteiger charge is 2.15. The van der Waals surface area contributed by atoms with Crippen LogP contribution >= 0.6 is 0 Å². The molecule has 0 spiro atoms. The Morgan fingerprint density at radius 1 is 1.33 bits per heavy atom. The highest BCUT2D eigenvalue weighted by molar-refractivity contribution is 5.48. The van der Waals surface area contributed by atoms with E-state index in [1.807, 2.05) is 6.92 Å². The number of nitrogens with zero attached hydrogens (tertiary/aromatic N) is 1. The molecule has 0 heterocycles. The maximum absolute atomic E-state index is 10.9. The zero-order valence-electron chi connectivity index (χ0n) is 10.3. The average molecular weight is 255 g/mol. The molecule has 1 aromatic rings. The van der Waals surface area contributed by atoms with E-state index in [4.69, 9.17) is 14.6 Å². The lowest BCUT2D eigenvalue weighted by atomic mass is 10.1. The van der Waals surface area contributed by atoms with Gasteiger partial charge < -0.3 is 14.6 Å². The molecule has 0 fully saturated rings. The molecule has 0 atom stereocenters. The molecule has 0 bridgehead atoms. The molecule has 0 radical (unpaired) electrons. The van der Waals surface area contributed by atoms with Gasteiger partial charge in [0.15, 0.2) is 5.75 Å². The summed E-state index contributed by atoms with van der Waals surface area (Å²) in [7, 11) is 0. The molecular formula is C12H17NO5. The largest absolute Gasteiger partial charge is 0.484 e. The fourth-order valence-electron chi connectivity index (χ4n) is 1.42. The maximum atomic E-state index is 10.9. The van der Waals surface area contributed by atoms with Crippen molar-refractivity contribution in [1.82, 2.24) is 0 Å². The van der Waals surface area contributed by atoms with Crippen molar-refractivity contribution in [2.75, 3.05) is 26.4 Å². The first-order valence-electron chi connectivity index (χ1n) is 5.77. The summed E-state index contributed by atoms with van der Waals surface area (Å²) in [5.74, 6) is 0.241. The molecule has 6 heteroatoms. The Balaban J connectivity index is 2.61. The summed E-state index contributed by atoms with van der Waals surface area (Å²) in [6, 6.07) is 4.92. The molecule has 1 rings (SSSR count). The smallest absolute Gasteiger partial charge is 0.311 e. The second-order valence-electron chi connectivity index (χ2n) is 3.60. The van der Waals surface area contributed by atoms with Crippen molar-refractivity contribution in [2.24, 2.45) is 0 Å². The van der Waals surface area contributed by atoms with Crippen molar-refractivity contribution < 1.29 is 19.5 Å². The lowest BCUT2D eigenvalue weighted by molar-refractivity contribution is -0.385. The van der Waals surface area contributed by atoms with E-state index in [1.54, 1.807) is 12.1 Å². The quantitative estimate of drug-likeness (QED) is 0.433. The van der Waals surface area contributed by atoms with E-state index < -0.39 is 4.92 Å². The molecule has 0 amide bonds. The molecule has 0 aliphatic rings. The first-order valence-corrected chi connectivity index (χ1v) is 5.77. The second kappa shape index (κ2) is 7.62. The van der Waals surface area contributed by atoms with Crippen molar-refractivity contribution in [3.63, 3.8) is 0 Å². The van der Waals surface area contributed by atoms with Crippen LogP contribution in [0.1, 0.15) is 12.5 Å². The van der Waals surface area contributed by atoms with Gasteiger partial charge >= 0.3 is 5.69 Å². The Hall–Kier alpha value is -1.66. The van der Waals surface area contributed by atoms with E-state index in [1.165, 1.54) is 6.07 Å². The van der Waals surface area contributed by atoms with Crippen molar-refractivity contribution in [1.29, 1.82) is 0 Å². The number of rotatable bonds is 8. The van der Waals surface area contributed by atoms with Gasteiger partial charge in [0, 0.05) is 6.07 Å². The molecule has 100 valence electrons. The van der Waals surface area contributed by atoms with Crippen molar-refractivity contribution in [3.05, 3.63) is 33.9 Å². The number of nitro groups is 1. The summed E-state index contributed by atoms with van der Waals surface area (Å²) in [5.41, 5.74) is 0.863. The van der Waals surface area contributed by atoms with Crippen molar-refractivity contribution in [3.8, 4) is 5.75 Å². The third-order valence-corrected chi connectivity index (χ3v) is 2.35. The molecular weight excluding hydrogens is 238 g/mol. The van der Waals surface area contributed by atoms with Crippen LogP contribution in [0.3, 0.4) is 0 Å². The molecule has 0 unspecified atom stereocenters. The first kappa shape index (κ1) is 14.4. The van der Waals surface area contributed by atoms with Crippen LogP contribution in [-0.4, -0.2) is 36.5 Å². The standard InChI is InChI=1S/C12H17NO5/c1-2-10-3-4-12(11(9-10)13(15)16)18-8-7-17-6-5-14/h3-4,9,14H,2,5-8H2,1H3. The van der Waals surface area contributed by atoms with E-state index in [-0.39, 0.29) is 37.9 Å². The SMILES string of the molecule is CCc1ccc(OCCOCCO)c([N+](=O)[O-])c1. The van der Waals surface area contributed by atoms with Crippen LogP contribution in [0.25, 0.3) is 0 Å². The summed E-state index contributed by atoms with van der Waals surface area (Å²) in [6.07, 6.45) is 0.737. The minimum absolute atomic E-state index is 0.0310. The Bertz CT molecular complexity index is 394. The number of hydrogen-bond acceptors (Lipinski definition) is 5. The topological polar surface area (TPSA) is 81.8 Å². The van der Waals surface area contributed by atoms with Gasteiger partial charge in [0.25, 0.3) is 0 Å². The number of aliphatic hydroxyl groups is 1. The van der Waals surface area contributed by atoms with Gasteiger partial charge in [-0.05, 0) is 18.1 Å². The summed E-state index contributed by atoms with van der Waals surface area (Å²) < 4.78 is 10.3. The predicted octanol–water partition coefficient (Wildman–Crippen LogP) is 1.54. The Morgan fingerprint density at radius 2 is 2.11 bits per heavy atom. The number of aliphatic hydroxyl groups excluding tert-OH is 1. The molecule has 18 heavy (non-hydrogen) atoms. The fraction of sp³-hybridized carbons (Fsp3) is 0.500. The van der Waals surface area contributed by atoms with E-state index in [9.17, 15) is 10.1 Å². The monoisotopic (exact) mass is 255 g/mol. The summed E-state index contributed by atoms with van der Waals surface area (Å²) in [6.45, 7) is 2.62. The van der Waals surface area contributed by atoms with Crippen molar-refractivity contribution in [2.45, 2.75) is 13.3 Å². The number of benzene rings is 1. The molecule has 0 saturated heterocycles. The zero-order valence-corrected chi connectivity index (χ0v) is 10.3. The minimum Gasteiger partial charge on any atom is -0.484 e. The van der Waals surface area contributed by atoms with Crippen LogP contribution in [0.2, 0.25) is 0 Å². The Labute approximate surface area is 105 Å². The van der Waals surface area contributed by atoms with Gasteiger partial charge in [0.05, 0.1) is 24.7 Å². The lowest BCUT2D eigenvalue weighted by Gasteiger charge is -2.08. The molecule has 0 aromatic heterocycles. The molecule has 6 nitrogen and oxygen atoms in total. The zero-order chi connectivity index (χ0) is 13.4. The van der Waals surface area contributed by atoms with E-state index in [0.29, 0.717) is 0 Å². The highest BCUT2D eigenvalue weighted by Crippen LogP contribution is 2.28. The van der Waals surface area contributed by atoms with Gasteiger partial charge in [-0.25, -0.2) is 0 Å². The number of aryl methyl sites for hydroxylation is 1. The first-order chi connectivity index (χ1) is 8.69. The maximum Gasteiger partial charge on any atom is 0.311 e. The van der Waals surface area contributed by atoms with Crippen LogP contribution in [0, 0.1) is 10.1 Å². The van der Waals surface area contributed by atoms with Crippen LogP contribution in [-0.2, 0) is 11.2 Å². The Kier molecular flexibility index (Phi) is 6.10. The number of nitro benzene ring substituents is 1. The summed E-state index contributed by atoms with van der Waals surface area (Å²) in [4.78, 5) is 10.4. The molecule has 1 aromatic carbocycles. The van der Waals surface area contributed by atoms with Crippen LogP contribution < -0.4 is 4.74 Å². The number of ether oxygens (including phenoxy) is 2. The lowest BCUT2D eigenvalue weighted by Crippen LogP contribution is -2.10. The second-order valence-corrected chi connectivity index (χ2v) is 3.60. The minimum atomic E-state index is -0.455. The highest BCUT2D eigenvalue weighted by atomic mass is 16.6. The van der Waals surface area contributed by atoms with E-state index in [0.717, 1.165) is 12.0 Å². The van der Waals surface area contributed by atoms with Gasteiger partial charge in [0.1, 0.15) is 6.61 Å². The molecule has 0 saturated carbocycles. The van der Waals surface area contributed by atoms with Gasteiger partial charge in [-0.15, -0.1) is 0 Å². The van der Waals surface area contributed by atoms with Crippen molar-refractivity contribution >= 4 is 5.69 Å². The van der Waals surface area contributed by atoms with Gasteiger partial charge in [-0.3, -0.25) is 10.1 Å². The summed E-state index contributed by atoms with van der Waals surface area (Å²) >= 11 is 0. The molecule has 0 aliphatic heterocycles.